The third-order valence-corrected chi connectivity index (χ3v) is 3.61. The van der Waals surface area contributed by atoms with E-state index in [-0.39, 0.29) is 10.7 Å². The van der Waals surface area contributed by atoms with Crippen LogP contribution in [0, 0.1) is 11.5 Å². The van der Waals surface area contributed by atoms with E-state index < -0.39 is 0 Å². The maximum atomic E-state index is 4.52. The Morgan fingerprint density at radius 2 is 2.21 bits per heavy atom. The zero-order valence-corrected chi connectivity index (χ0v) is 8.75. The number of benzene rings is 1. The largest absolute Gasteiger partial charge is 0.238 e. The van der Waals surface area contributed by atoms with Crippen molar-refractivity contribution in [2.75, 3.05) is 0 Å². The van der Waals surface area contributed by atoms with Crippen molar-refractivity contribution in [1.29, 1.82) is 0 Å². The summed E-state index contributed by atoms with van der Waals surface area (Å²) < 4.78 is 0. The summed E-state index contributed by atoms with van der Waals surface area (Å²) in [5.41, 5.74) is 3.53. The average Bonchev–Trinajstić information content (AvgIpc) is 2.89. The fourth-order valence-corrected chi connectivity index (χ4v) is 2.16. The van der Waals surface area contributed by atoms with E-state index in [0.717, 1.165) is 5.69 Å². The summed E-state index contributed by atoms with van der Waals surface area (Å²) in [7, 11) is 0. The number of aliphatic imine (C=N–C) groups is 1. The topological polar surface area (TPSA) is 12.4 Å². The smallest absolute Gasteiger partial charge is 0.217 e. The summed E-state index contributed by atoms with van der Waals surface area (Å²) in [6.07, 6.45) is 5.31. The molecule has 0 fully saturated rings. The lowest BCUT2D eigenvalue weighted by atomic mass is 9.95. The number of fused-ring (bicyclic) bond motifs is 3. The van der Waals surface area contributed by atoms with Crippen molar-refractivity contribution in [3.8, 4) is 0 Å². The van der Waals surface area contributed by atoms with E-state index in [1.54, 1.807) is 0 Å². The molecule has 0 amide bonds. The van der Waals surface area contributed by atoms with Crippen molar-refractivity contribution in [3.05, 3.63) is 35.9 Å². The van der Waals surface area contributed by atoms with Crippen molar-refractivity contribution in [1.82, 2.24) is 0 Å². The monoisotopic (exact) mass is 200 g/mol. The van der Waals surface area contributed by atoms with Crippen LogP contribution in [-0.4, -0.2) is 11.5 Å². The first-order valence-electron chi connectivity index (χ1n) is 4.69. The van der Waals surface area contributed by atoms with Crippen molar-refractivity contribution in [3.63, 3.8) is 0 Å². The molecule has 1 aromatic carbocycles. The number of hydrogen-bond acceptors (Lipinski definition) is 2. The molecule has 1 aromatic rings. The predicted molar refractivity (Wildman–Crippen MR) is 62.1 cm³/mol. The van der Waals surface area contributed by atoms with Gasteiger partial charge >= 0.3 is 0 Å². The fraction of sp³-hybridized carbons (Fsp3) is 0.250. The number of para-hydroxylation sites is 1. The highest BCUT2D eigenvalue weighted by Gasteiger charge is 2.60. The molecule has 3 rings (SSSR count). The van der Waals surface area contributed by atoms with Gasteiger partial charge in [0.2, 0.25) is 5.57 Å². The Morgan fingerprint density at radius 1 is 1.43 bits per heavy atom. The molecule has 2 unspecified atom stereocenters. The maximum Gasteiger partial charge on any atom is 0.217 e. The molecule has 0 saturated heterocycles. The zero-order chi connectivity index (χ0) is 9.76. The molecule has 1 aliphatic heterocycles. The van der Waals surface area contributed by atoms with Gasteiger partial charge in [-0.25, -0.2) is 4.99 Å². The van der Waals surface area contributed by atoms with E-state index >= 15 is 0 Å². The van der Waals surface area contributed by atoms with Gasteiger partial charge in [0.25, 0.3) is 0 Å². The summed E-state index contributed by atoms with van der Waals surface area (Å²) in [6.45, 7) is 2.16. The first kappa shape index (κ1) is 8.22. The number of thiol groups is 1. The lowest BCUT2D eigenvalue weighted by Gasteiger charge is -2.04. The molecule has 0 spiro atoms. The van der Waals surface area contributed by atoms with E-state index in [1.165, 1.54) is 11.1 Å². The van der Waals surface area contributed by atoms with Crippen molar-refractivity contribution in [2.24, 2.45) is 10.4 Å². The van der Waals surface area contributed by atoms with Gasteiger partial charge in [-0.3, -0.25) is 0 Å². The van der Waals surface area contributed by atoms with E-state index in [4.69, 9.17) is 0 Å². The van der Waals surface area contributed by atoms with Gasteiger partial charge in [0.05, 0.1) is 11.3 Å². The first-order valence-corrected chi connectivity index (χ1v) is 5.21. The summed E-state index contributed by atoms with van der Waals surface area (Å²) in [6, 6.07) is 8.19. The van der Waals surface area contributed by atoms with Crippen LogP contribution >= 0.6 is 12.6 Å². The molecule has 1 nitrogen and oxygen atoms in total. The van der Waals surface area contributed by atoms with Gasteiger partial charge in [0, 0.05) is 12.3 Å². The lowest BCUT2D eigenvalue weighted by Crippen LogP contribution is -2.16. The van der Waals surface area contributed by atoms with Gasteiger partial charge < -0.3 is 0 Å². The van der Waals surface area contributed by atoms with Crippen LogP contribution < -0.4 is 0 Å². The summed E-state index contributed by atoms with van der Waals surface area (Å²) in [5, 5.41) is 0.157. The van der Waals surface area contributed by atoms with Gasteiger partial charge in [-0.2, -0.15) is 12.6 Å². The Morgan fingerprint density at radius 3 is 3.07 bits per heavy atom. The number of hydrogen-bond donors (Lipinski definition) is 1. The van der Waals surface area contributed by atoms with Crippen molar-refractivity contribution >= 4 is 30.1 Å². The number of rotatable bonds is 0. The zero-order valence-electron chi connectivity index (χ0n) is 7.86. The van der Waals surface area contributed by atoms with Crippen molar-refractivity contribution < 1.29 is 0 Å². The van der Waals surface area contributed by atoms with E-state index in [9.17, 15) is 0 Å². The quantitative estimate of drug-likeness (QED) is 0.488. The average molecular weight is 200 g/mol. The molecule has 0 N–H and O–H groups in total. The van der Waals surface area contributed by atoms with Gasteiger partial charge in [-0.1, -0.05) is 6.07 Å². The lowest BCUT2D eigenvalue weighted by molar-refractivity contribution is 0.702. The molecular weight excluding hydrogens is 190 g/mol. The molecule has 0 radical (unpaired) electrons. The van der Waals surface area contributed by atoms with E-state index in [2.05, 4.69) is 36.7 Å². The number of nitrogens with zero attached hydrogens (tertiary/aromatic N) is 1. The Bertz CT molecular complexity index is 461. The first-order chi connectivity index (χ1) is 6.72. The number of allylic oxidation sites excluding steroid dienone is 2. The molecule has 68 valence electrons. The summed E-state index contributed by atoms with van der Waals surface area (Å²) in [5.74, 6) is 0. The van der Waals surface area contributed by atoms with Crippen LogP contribution in [-0.2, 0) is 0 Å². The van der Waals surface area contributed by atoms with Gasteiger partial charge in [0.1, 0.15) is 5.56 Å². The van der Waals surface area contributed by atoms with Crippen LogP contribution in [0.1, 0.15) is 12.5 Å². The van der Waals surface area contributed by atoms with Crippen LogP contribution in [0.2, 0.25) is 0 Å². The van der Waals surface area contributed by atoms with Gasteiger partial charge in [0.15, 0.2) is 11.1 Å². The minimum Gasteiger partial charge on any atom is -0.238 e. The molecule has 2 heteroatoms. The summed E-state index contributed by atoms with van der Waals surface area (Å²) in [4.78, 5) is 4.43. The Hall–Kier alpha value is -1.11. The van der Waals surface area contributed by atoms with Crippen molar-refractivity contribution in [2.45, 2.75) is 12.2 Å². The SMILES string of the molecule is CC12[C+]=C1c1ccccc1N=CC2S. The Kier molecular flexibility index (Phi) is 1.45. The standard InChI is InChI=1S/C12H9NS/c1-12-6-9(12)8-4-2-3-5-10(8)13-7-11(12)14/h2-5,7,11H,1H3/p+1. The highest BCUT2D eigenvalue weighted by molar-refractivity contribution is 7.81. The van der Waals surface area contributed by atoms with E-state index in [1.807, 2.05) is 24.4 Å². The Balaban J connectivity index is 2.19. The molecule has 2 atom stereocenters. The summed E-state index contributed by atoms with van der Waals surface area (Å²) >= 11 is 4.52. The van der Waals surface area contributed by atoms with Gasteiger partial charge in [-0.15, -0.1) is 0 Å². The molecule has 1 aliphatic carbocycles. The van der Waals surface area contributed by atoms with Crippen LogP contribution in [0.15, 0.2) is 29.3 Å². The second-order valence-electron chi connectivity index (χ2n) is 3.94. The third kappa shape index (κ3) is 0.927. The predicted octanol–water partition coefficient (Wildman–Crippen LogP) is 2.91. The van der Waals surface area contributed by atoms with Crippen LogP contribution in [0.3, 0.4) is 0 Å². The van der Waals surface area contributed by atoms with Crippen LogP contribution in [0.5, 0.6) is 0 Å². The second kappa shape index (κ2) is 2.47. The Labute approximate surface area is 89.0 Å². The fourth-order valence-electron chi connectivity index (χ4n) is 1.89. The van der Waals surface area contributed by atoms with Gasteiger partial charge in [-0.05, 0) is 19.1 Å². The maximum absolute atomic E-state index is 4.52. The molecule has 0 aromatic heterocycles. The van der Waals surface area contributed by atoms with E-state index in [0.29, 0.717) is 0 Å². The molecule has 2 aliphatic rings. The molecule has 0 bridgehead atoms. The minimum atomic E-state index is 0.0131. The normalized spacial score (nSPS) is 32.1. The minimum absolute atomic E-state index is 0.0131. The molecule has 14 heavy (non-hydrogen) atoms. The molecule has 1 heterocycles. The van der Waals surface area contributed by atoms with Crippen LogP contribution in [0.4, 0.5) is 5.69 Å². The highest BCUT2D eigenvalue weighted by Crippen LogP contribution is 2.56. The molecular formula is C12H10NS+. The van der Waals surface area contributed by atoms with Crippen LogP contribution in [0.25, 0.3) is 5.57 Å². The third-order valence-electron chi connectivity index (χ3n) is 2.96. The highest BCUT2D eigenvalue weighted by atomic mass is 32.1. The molecule has 0 saturated carbocycles. The second-order valence-corrected chi connectivity index (χ2v) is 4.50.